The van der Waals surface area contributed by atoms with E-state index < -0.39 is 17.7 Å². The number of amides is 1. The van der Waals surface area contributed by atoms with E-state index in [4.69, 9.17) is 18.9 Å². The summed E-state index contributed by atoms with van der Waals surface area (Å²) in [6.07, 6.45) is 0. The highest BCUT2D eigenvalue weighted by Gasteiger charge is 2.47. The maximum Gasteiger partial charge on any atom is 0.300 e. The first-order valence-electron chi connectivity index (χ1n) is 12.2. The fourth-order valence-corrected chi connectivity index (χ4v) is 4.74. The first kappa shape index (κ1) is 26.6. The molecule has 0 aliphatic carbocycles. The number of carbonyl (C=O) groups excluding carboxylic acids is 2. The van der Waals surface area contributed by atoms with Gasteiger partial charge in [0.15, 0.2) is 23.0 Å². The van der Waals surface area contributed by atoms with Crippen LogP contribution in [0.4, 0.5) is 5.69 Å². The largest absolute Gasteiger partial charge is 0.507 e. The molecule has 1 atom stereocenters. The van der Waals surface area contributed by atoms with E-state index in [-0.39, 0.29) is 11.3 Å². The molecule has 38 heavy (non-hydrogen) atoms. The molecule has 1 saturated heterocycles. The van der Waals surface area contributed by atoms with E-state index in [0.717, 1.165) is 11.1 Å². The number of nitrogens with zero attached hydrogens (tertiary/aromatic N) is 1. The molecule has 1 heterocycles. The van der Waals surface area contributed by atoms with Crippen LogP contribution < -0.4 is 23.8 Å². The lowest BCUT2D eigenvalue weighted by molar-refractivity contribution is -0.132. The number of carbonyl (C=O) groups is 2. The number of methoxy groups -OCH3 is 3. The van der Waals surface area contributed by atoms with E-state index in [1.54, 1.807) is 36.4 Å². The Bertz CT molecular complexity index is 1430. The number of benzene rings is 3. The molecule has 8 nitrogen and oxygen atoms in total. The van der Waals surface area contributed by atoms with Gasteiger partial charge in [-0.2, -0.15) is 0 Å². The topological polar surface area (TPSA) is 94.5 Å². The van der Waals surface area contributed by atoms with Crippen LogP contribution in [0.2, 0.25) is 0 Å². The second-order valence-electron chi connectivity index (χ2n) is 8.87. The van der Waals surface area contributed by atoms with Gasteiger partial charge in [0.2, 0.25) is 0 Å². The van der Waals surface area contributed by atoms with Gasteiger partial charge >= 0.3 is 0 Å². The smallest absolute Gasteiger partial charge is 0.300 e. The summed E-state index contributed by atoms with van der Waals surface area (Å²) in [6.45, 7) is 6.08. The third-order valence-corrected chi connectivity index (χ3v) is 6.52. The SMILES string of the molecule is CCOc1cc(C2/C(=C(\O)c3ccc(OC)c(OC)c3)C(=O)C(=O)N2c2ccc(C)cc2C)ccc1OC. The molecule has 0 saturated carbocycles. The molecule has 3 aromatic carbocycles. The molecule has 1 fully saturated rings. The van der Waals surface area contributed by atoms with Crippen LogP contribution in [0.15, 0.2) is 60.2 Å². The molecule has 8 heteroatoms. The molecule has 0 bridgehead atoms. The molecule has 0 aromatic heterocycles. The van der Waals surface area contributed by atoms with Crippen LogP contribution in [-0.2, 0) is 9.59 Å². The van der Waals surface area contributed by atoms with Gasteiger partial charge in [-0.15, -0.1) is 0 Å². The third kappa shape index (κ3) is 4.65. The molecular weight excluding hydrogens is 486 g/mol. The Balaban J connectivity index is 1.99. The Hall–Kier alpha value is -4.46. The van der Waals surface area contributed by atoms with Crippen molar-refractivity contribution in [3.63, 3.8) is 0 Å². The minimum absolute atomic E-state index is 0.0465. The number of anilines is 1. The molecule has 1 aliphatic rings. The van der Waals surface area contributed by atoms with Gasteiger partial charge in [-0.3, -0.25) is 14.5 Å². The van der Waals surface area contributed by atoms with E-state index in [2.05, 4.69) is 0 Å². The van der Waals surface area contributed by atoms with Crippen molar-refractivity contribution >= 4 is 23.1 Å². The van der Waals surface area contributed by atoms with E-state index in [9.17, 15) is 14.7 Å². The van der Waals surface area contributed by atoms with E-state index in [1.807, 2.05) is 39.0 Å². The number of hydrogen-bond donors (Lipinski definition) is 1. The summed E-state index contributed by atoms with van der Waals surface area (Å²) in [5, 5.41) is 11.5. The number of hydrogen-bond acceptors (Lipinski definition) is 7. The minimum Gasteiger partial charge on any atom is -0.507 e. The number of rotatable bonds is 8. The lowest BCUT2D eigenvalue weighted by atomic mass is 9.94. The van der Waals surface area contributed by atoms with E-state index >= 15 is 0 Å². The second kappa shape index (κ2) is 10.9. The number of Topliss-reactive ketones (excluding diaryl/α,β-unsaturated/α-hetero) is 1. The van der Waals surface area contributed by atoms with Gasteiger partial charge in [-0.05, 0) is 68.3 Å². The summed E-state index contributed by atoms with van der Waals surface area (Å²) in [5.74, 6) is -0.0411. The second-order valence-corrected chi connectivity index (χ2v) is 8.87. The van der Waals surface area contributed by atoms with Gasteiger partial charge < -0.3 is 24.1 Å². The summed E-state index contributed by atoms with van der Waals surface area (Å²) >= 11 is 0. The lowest BCUT2D eigenvalue weighted by Crippen LogP contribution is -2.30. The van der Waals surface area contributed by atoms with Gasteiger partial charge in [-0.25, -0.2) is 0 Å². The summed E-state index contributed by atoms with van der Waals surface area (Å²) in [4.78, 5) is 28.5. The van der Waals surface area contributed by atoms with Crippen LogP contribution in [-0.4, -0.2) is 44.7 Å². The Morgan fingerprint density at radius 2 is 1.50 bits per heavy atom. The van der Waals surface area contributed by atoms with Crippen LogP contribution in [0.1, 0.15) is 35.2 Å². The predicted molar refractivity (Wildman–Crippen MR) is 144 cm³/mol. The molecule has 1 unspecified atom stereocenters. The Morgan fingerprint density at radius 3 is 2.13 bits per heavy atom. The maximum atomic E-state index is 13.6. The van der Waals surface area contributed by atoms with Crippen molar-refractivity contribution in [1.29, 1.82) is 0 Å². The van der Waals surface area contributed by atoms with Crippen molar-refractivity contribution in [2.24, 2.45) is 0 Å². The van der Waals surface area contributed by atoms with Crippen LogP contribution in [0.3, 0.4) is 0 Å². The van der Waals surface area contributed by atoms with Gasteiger partial charge in [0.25, 0.3) is 11.7 Å². The highest BCUT2D eigenvalue weighted by atomic mass is 16.5. The summed E-state index contributed by atoms with van der Waals surface area (Å²) in [5.41, 5.74) is 3.26. The van der Waals surface area contributed by atoms with Crippen molar-refractivity contribution < 1.29 is 33.6 Å². The first-order valence-corrected chi connectivity index (χ1v) is 12.2. The molecule has 4 rings (SSSR count). The molecule has 1 amide bonds. The van der Waals surface area contributed by atoms with Gasteiger partial charge in [-0.1, -0.05) is 23.8 Å². The van der Waals surface area contributed by atoms with Crippen molar-refractivity contribution in [3.05, 3.63) is 82.4 Å². The van der Waals surface area contributed by atoms with Crippen LogP contribution in [0.25, 0.3) is 5.76 Å². The Morgan fingerprint density at radius 1 is 0.842 bits per heavy atom. The number of aliphatic hydroxyl groups excluding tert-OH is 1. The zero-order valence-electron chi connectivity index (χ0n) is 22.3. The number of aryl methyl sites for hydroxylation is 2. The molecular formula is C30H31NO7. The summed E-state index contributed by atoms with van der Waals surface area (Å²) in [6, 6.07) is 14.7. The quantitative estimate of drug-likeness (QED) is 0.244. The van der Waals surface area contributed by atoms with Crippen molar-refractivity contribution in [2.75, 3.05) is 32.8 Å². The molecule has 198 valence electrons. The minimum atomic E-state index is -0.922. The molecule has 3 aromatic rings. The lowest BCUT2D eigenvalue weighted by Gasteiger charge is -2.27. The van der Waals surface area contributed by atoms with Crippen molar-refractivity contribution in [3.8, 4) is 23.0 Å². The number of ketones is 1. The van der Waals surface area contributed by atoms with Crippen LogP contribution in [0.5, 0.6) is 23.0 Å². The van der Waals surface area contributed by atoms with Crippen LogP contribution in [0, 0.1) is 13.8 Å². The fourth-order valence-electron chi connectivity index (χ4n) is 4.74. The van der Waals surface area contributed by atoms with Crippen LogP contribution >= 0.6 is 0 Å². The highest BCUT2D eigenvalue weighted by molar-refractivity contribution is 6.51. The monoisotopic (exact) mass is 517 g/mol. The fraction of sp³-hybridized carbons (Fsp3) is 0.267. The normalized spacial score (nSPS) is 16.5. The standard InChI is InChI=1S/C30H31NO7/c1-7-38-25-15-19(9-12-23(25)36-5)27-26(28(32)20-10-13-22(35-4)24(16-20)37-6)29(33)30(34)31(27)21-11-8-17(2)14-18(21)3/h8-16,27,32H,7H2,1-6H3/b28-26+. The number of aliphatic hydroxyl groups is 1. The van der Waals surface area contributed by atoms with Gasteiger partial charge in [0.05, 0.1) is 39.6 Å². The zero-order valence-corrected chi connectivity index (χ0v) is 22.3. The van der Waals surface area contributed by atoms with E-state index in [1.165, 1.54) is 26.2 Å². The van der Waals surface area contributed by atoms with Crippen molar-refractivity contribution in [1.82, 2.24) is 0 Å². The van der Waals surface area contributed by atoms with Crippen molar-refractivity contribution in [2.45, 2.75) is 26.8 Å². The average Bonchev–Trinajstić information content (AvgIpc) is 3.18. The number of ether oxygens (including phenoxy) is 4. The first-order chi connectivity index (χ1) is 18.2. The summed E-state index contributed by atoms with van der Waals surface area (Å²) < 4.78 is 21.9. The third-order valence-electron chi connectivity index (χ3n) is 6.52. The van der Waals surface area contributed by atoms with E-state index in [0.29, 0.717) is 46.4 Å². The predicted octanol–water partition coefficient (Wildman–Crippen LogP) is 5.35. The zero-order chi connectivity index (χ0) is 27.6. The molecule has 1 N–H and O–H groups in total. The highest BCUT2D eigenvalue weighted by Crippen LogP contribution is 2.45. The summed E-state index contributed by atoms with van der Waals surface area (Å²) in [7, 11) is 4.52. The molecule has 1 aliphatic heterocycles. The van der Waals surface area contributed by atoms with Gasteiger partial charge in [0, 0.05) is 11.3 Å². The molecule has 0 spiro atoms. The van der Waals surface area contributed by atoms with Gasteiger partial charge in [0.1, 0.15) is 5.76 Å². The molecule has 0 radical (unpaired) electrons. The Kier molecular flexibility index (Phi) is 7.62. The Labute approximate surface area is 222 Å². The average molecular weight is 518 g/mol. The maximum absolute atomic E-state index is 13.6.